The molecule has 0 aliphatic carbocycles. The van der Waals surface area contributed by atoms with Crippen LogP contribution < -0.4 is 14.2 Å². The second-order valence-corrected chi connectivity index (χ2v) is 9.18. The van der Waals surface area contributed by atoms with Crippen molar-refractivity contribution in [3.63, 3.8) is 0 Å². The fraction of sp³-hybridized carbons (Fsp3) is 0.364. The summed E-state index contributed by atoms with van der Waals surface area (Å²) < 4.78 is 43.7. The van der Waals surface area contributed by atoms with Gasteiger partial charge in [0.15, 0.2) is 23.9 Å². The van der Waals surface area contributed by atoms with E-state index in [1.165, 1.54) is 13.0 Å². The molecule has 0 saturated carbocycles. The number of carbonyl (C=O) groups is 2. The first-order valence-electron chi connectivity index (χ1n) is 9.70. The van der Waals surface area contributed by atoms with E-state index in [-0.39, 0.29) is 11.7 Å². The van der Waals surface area contributed by atoms with E-state index in [0.717, 1.165) is 11.1 Å². The first-order valence-corrected chi connectivity index (χ1v) is 11.2. The maximum atomic E-state index is 12.9. The zero-order valence-electron chi connectivity index (χ0n) is 18.1. The molecular formula is C22H25NO7S. The number of hydrogen-bond donors (Lipinski definition) is 1. The molecule has 9 heteroatoms. The fourth-order valence-electron chi connectivity index (χ4n) is 3.34. The second kappa shape index (κ2) is 8.68. The van der Waals surface area contributed by atoms with Gasteiger partial charge in [0.25, 0.3) is 0 Å². The van der Waals surface area contributed by atoms with Gasteiger partial charge in [-0.2, -0.15) is 4.72 Å². The summed E-state index contributed by atoms with van der Waals surface area (Å²) in [5, 5.41) is 0. The van der Waals surface area contributed by atoms with Crippen LogP contribution in [0.4, 0.5) is 0 Å². The van der Waals surface area contributed by atoms with Crippen LogP contribution >= 0.6 is 0 Å². The summed E-state index contributed by atoms with van der Waals surface area (Å²) in [7, 11) is -3.97. The van der Waals surface area contributed by atoms with Crippen molar-refractivity contribution < 1.29 is 32.2 Å². The highest BCUT2D eigenvalue weighted by atomic mass is 32.2. The van der Waals surface area contributed by atoms with Gasteiger partial charge in [0.1, 0.15) is 6.04 Å². The van der Waals surface area contributed by atoms with E-state index in [4.69, 9.17) is 14.2 Å². The normalized spacial score (nSPS) is 13.7. The van der Waals surface area contributed by atoms with E-state index in [1.54, 1.807) is 26.0 Å². The molecule has 0 saturated heterocycles. The van der Waals surface area contributed by atoms with Crippen molar-refractivity contribution in [1.29, 1.82) is 0 Å². The topological polar surface area (TPSA) is 108 Å². The standard InChI is InChI=1S/C22H25NO7S/c1-12-8-13(2)15(4)21(14(12)3)31(26,27)23-16(5)22(25)28-10-18(24)17-6-7-19-20(9-17)30-11-29-19/h6-9,16,23H,10-11H2,1-5H3. The average Bonchev–Trinajstić information content (AvgIpc) is 3.17. The van der Waals surface area contributed by atoms with Crippen molar-refractivity contribution in [3.05, 3.63) is 52.1 Å². The molecule has 3 rings (SSSR count). The first-order chi connectivity index (χ1) is 14.5. The minimum absolute atomic E-state index is 0.0824. The molecule has 0 radical (unpaired) electrons. The summed E-state index contributed by atoms with van der Waals surface area (Å²) in [6.45, 7) is 8.05. The molecule has 166 valence electrons. The molecule has 1 heterocycles. The molecule has 1 unspecified atom stereocenters. The highest BCUT2D eigenvalue weighted by Crippen LogP contribution is 2.32. The molecule has 1 aliphatic rings. The summed E-state index contributed by atoms with van der Waals surface area (Å²) >= 11 is 0. The fourth-order valence-corrected chi connectivity index (χ4v) is 5.15. The zero-order valence-corrected chi connectivity index (χ0v) is 18.9. The van der Waals surface area contributed by atoms with Crippen molar-refractivity contribution in [2.75, 3.05) is 13.4 Å². The van der Waals surface area contributed by atoms with Crippen LogP contribution in [0, 0.1) is 27.7 Å². The highest BCUT2D eigenvalue weighted by molar-refractivity contribution is 7.89. The smallest absolute Gasteiger partial charge is 0.324 e. The summed E-state index contributed by atoms with van der Waals surface area (Å²) in [6, 6.07) is 5.40. The number of nitrogens with one attached hydrogen (secondary N) is 1. The van der Waals surface area contributed by atoms with E-state index in [1.807, 2.05) is 19.9 Å². The van der Waals surface area contributed by atoms with Crippen LogP contribution in [-0.2, 0) is 19.6 Å². The number of hydrogen-bond acceptors (Lipinski definition) is 7. The van der Waals surface area contributed by atoms with Gasteiger partial charge in [-0.1, -0.05) is 6.07 Å². The van der Waals surface area contributed by atoms with Crippen LogP contribution in [0.1, 0.15) is 39.5 Å². The van der Waals surface area contributed by atoms with Crippen molar-refractivity contribution >= 4 is 21.8 Å². The third-order valence-electron chi connectivity index (χ3n) is 5.29. The number of carbonyl (C=O) groups excluding carboxylic acids is 2. The number of sulfonamides is 1. The first kappa shape index (κ1) is 22.8. The Labute approximate surface area is 181 Å². The van der Waals surface area contributed by atoms with Crippen LogP contribution in [0.2, 0.25) is 0 Å². The van der Waals surface area contributed by atoms with E-state index in [9.17, 15) is 18.0 Å². The molecule has 0 fully saturated rings. The summed E-state index contributed by atoms with van der Waals surface area (Å²) in [6.07, 6.45) is 0. The maximum absolute atomic E-state index is 12.9. The van der Waals surface area contributed by atoms with Gasteiger partial charge in [-0.3, -0.25) is 9.59 Å². The van der Waals surface area contributed by atoms with Crippen molar-refractivity contribution in [2.45, 2.75) is 45.6 Å². The lowest BCUT2D eigenvalue weighted by atomic mass is 10.0. The Kier molecular flexibility index (Phi) is 6.38. The van der Waals surface area contributed by atoms with Gasteiger partial charge in [-0.25, -0.2) is 8.42 Å². The summed E-state index contributed by atoms with van der Waals surface area (Å²) in [5.41, 5.74) is 3.22. The quantitative estimate of drug-likeness (QED) is 0.514. The van der Waals surface area contributed by atoms with Crippen molar-refractivity contribution in [2.24, 2.45) is 0 Å². The predicted molar refractivity (Wildman–Crippen MR) is 113 cm³/mol. The lowest BCUT2D eigenvalue weighted by Crippen LogP contribution is -2.40. The molecule has 8 nitrogen and oxygen atoms in total. The number of ketones is 1. The Bertz CT molecular complexity index is 1130. The molecule has 2 aromatic rings. The molecule has 1 N–H and O–H groups in total. The third kappa shape index (κ3) is 4.72. The number of ether oxygens (including phenoxy) is 3. The Balaban J connectivity index is 1.66. The Morgan fingerprint density at radius 2 is 1.65 bits per heavy atom. The maximum Gasteiger partial charge on any atom is 0.324 e. The molecule has 1 aliphatic heterocycles. The minimum Gasteiger partial charge on any atom is -0.456 e. The number of rotatable bonds is 7. The molecule has 0 spiro atoms. The lowest BCUT2D eigenvalue weighted by Gasteiger charge is -2.18. The second-order valence-electron chi connectivity index (χ2n) is 7.53. The van der Waals surface area contributed by atoms with Gasteiger partial charge < -0.3 is 14.2 Å². The number of benzene rings is 2. The molecular weight excluding hydrogens is 422 g/mol. The lowest BCUT2D eigenvalue weighted by molar-refractivity contribution is -0.144. The average molecular weight is 448 g/mol. The number of fused-ring (bicyclic) bond motifs is 1. The number of Topliss-reactive ketones (excluding diaryl/α,β-unsaturated/α-hetero) is 1. The zero-order chi connectivity index (χ0) is 22.9. The Morgan fingerprint density at radius 1 is 1.03 bits per heavy atom. The SMILES string of the molecule is Cc1cc(C)c(C)c(S(=O)(=O)NC(C)C(=O)OCC(=O)c2ccc3c(c2)OCO3)c1C. The van der Waals surface area contributed by atoms with Gasteiger partial charge >= 0.3 is 5.97 Å². The number of aryl methyl sites for hydroxylation is 2. The van der Waals surface area contributed by atoms with Crippen LogP contribution in [0.15, 0.2) is 29.2 Å². The van der Waals surface area contributed by atoms with E-state index < -0.39 is 34.4 Å². The van der Waals surface area contributed by atoms with Gasteiger partial charge in [0.2, 0.25) is 16.8 Å². The monoisotopic (exact) mass is 447 g/mol. The molecule has 0 amide bonds. The Hall–Kier alpha value is -2.91. The van der Waals surface area contributed by atoms with Crippen LogP contribution in [-0.4, -0.2) is 39.6 Å². The van der Waals surface area contributed by atoms with E-state index in [0.29, 0.717) is 28.2 Å². The molecule has 2 aromatic carbocycles. The molecule has 31 heavy (non-hydrogen) atoms. The molecule has 1 atom stereocenters. The Morgan fingerprint density at radius 3 is 2.29 bits per heavy atom. The number of esters is 1. The van der Waals surface area contributed by atoms with Gasteiger partial charge in [-0.15, -0.1) is 0 Å². The van der Waals surface area contributed by atoms with Crippen LogP contribution in [0.5, 0.6) is 11.5 Å². The molecule has 0 aromatic heterocycles. The molecule has 0 bridgehead atoms. The summed E-state index contributed by atoms with van der Waals surface area (Å²) in [4.78, 5) is 24.8. The van der Waals surface area contributed by atoms with E-state index in [2.05, 4.69) is 4.72 Å². The van der Waals surface area contributed by atoms with Crippen LogP contribution in [0.3, 0.4) is 0 Å². The van der Waals surface area contributed by atoms with Gasteiger partial charge in [0.05, 0.1) is 4.90 Å². The van der Waals surface area contributed by atoms with Crippen LogP contribution in [0.25, 0.3) is 0 Å². The van der Waals surface area contributed by atoms with Gasteiger partial charge in [-0.05, 0) is 75.1 Å². The van der Waals surface area contributed by atoms with Gasteiger partial charge in [0, 0.05) is 5.56 Å². The highest BCUT2D eigenvalue weighted by Gasteiger charge is 2.27. The summed E-state index contributed by atoms with van der Waals surface area (Å²) in [5.74, 6) is -0.314. The van der Waals surface area contributed by atoms with Crippen molar-refractivity contribution in [1.82, 2.24) is 4.72 Å². The predicted octanol–water partition coefficient (Wildman–Crippen LogP) is 2.74. The minimum atomic E-state index is -3.97. The largest absolute Gasteiger partial charge is 0.456 e. The van der Waals surface area contributed by atoms with E-state index >= 15 is 0 Å². The third-order valence-corrected chi connectivity index (χ3v) is 7.11. The van der Waals surface area contributed by atoms with Crippen molar-refractivity contribution in [3.8, 4) is 11.5 Å².